The van der Waals surface area contributed by atoms with Crippen LogP contribution in [0.15, 0.2) is 18.2 Å². The highest BCUT2D eigenvalue weighted by molar-refractivity contribution is 5.94. The Balaban J connectivity index is 3.19. The number of hydrogen-bond acceptors (Lipinski definition) is 4. The molecular weight excluding hydrogens is 202 g/mol. The second-order valence-corrected chi connectivity index (χ2v) is 2.84. The lowest BCUT2D eigenvalue weighted by molar-refractivity contribution is 0.0696. The van der Waals surface area contributed by atoms with Gasteiger partial charge in [0.15, 0.2) is 0 Å². The minimum atomic E-state index is -1.20. The van der Waals surface area contributed by atoms with Gasteiger partial charge in [0.2, 0.25) is 0 Å². The highest BCUT2D eigenvalue weighted by Gasteiger charge is 2.11. The van der Waals surface area contributed by atoms with Crippen LogP contribution in [0.4, 0.5) is 0 Å². The van der Waals surface area contributed by atoms with Crippen molar-refractivity contribution in [2.24, 2.45) is 5.90 Å². The molecule has 6 heteroatoms. The summed E-state index contributed by atoms with van der Waals surface area (Å²) in [6, 6.07) is 3.69. The van der Waals surface area contributed by atoms with Crippen molar-refractivity contribution in [2.75, 3.05) is 0 Å². The summed E-state index contributed by atoms with van der Waals surface area (Å²) in [6.07, 6.45) is 0. The van der Waals surface area contributed by atoms with Crippen LogP contribution in [-0.4, -0.2) is 22.2 Å². The first kappa shape index (κ1) is 11.2. The fourth-order valence-corrected chi connectivity index (χ4v) is 1.12. The molecule has 0 atom stereocenters. The van der Waals surface area contributed by atoms with Crippen LogP contribution in [0.2, 0.25) is 0 Å². The molecule has 0 unspecified atom stereocenters. The minimum Gasteiger partial charge on any atom is -0.478 e. The second kappa shape index (κ2) is 4.54. The first-order chi connectivity index (χ1) is 7.04. The van der Waals surface area contributed by atoms with Crippen LogP contribution in [0.5, 0.6) is 0 Å². The molecule has 1 aromatic rings. The normalized spacial score (nSPS) is 9.93. The summed E-state index contributed by atoms with van der Waals surface area (Å²) in [5.41, 5.74) is 0.179. The number of rotatable bonds is 4. The number of hydrogen-bond donors (Lipinski definition) is 3. The molecule has 1 rings (SSSR count). The van der Waals surface area contributed by atoms with Gasteiger partial charge in [-0.25, -0.2) is 15.5 Å². The van der Waals surface area contributed by atoms with Gasteiger partial charge in [0.1, 0.15) is 0 Å². The molecule has 0 aromatic heterocycles. The second-order valence-electron chi connectivity index (χ2n) is 2.84. The Kier molecular flexibility index (Phi) is 3.37. The van der Waals surface area contributed by atoms with Crippen LogP contribution in [0.1, 0.15) is 26.3 Å². The first-order valence-electron chi connectivity index (χ1n) is 3.97. The Morgan fingerprint density at radius 2 is 1.60 bits per heavy atom. The maximum atomic E-state index is 10.7. The van der Waals surface area contributed by atoms with Gasteiger partial charge < -0.3 is 10.2 Å². The van der Waals surface area contributed by atoms with Crippen molar-refractivity contribution >= 4 is 11.9 Å². The molecule has 0 heterocycles. The van der Waals surface area contributed by atoms with E-state index in [1.807, 2.05) is 0 Å². The average Bonchev–Trinajstić information content (AvgIpc) is 2.17. The van der Waals surface area contributed by atoms with Gasteiger partial charge in [-0.15, -0.1) is 0 Å². The fraction of sp³-hybridized carbons (Fsp3) is 0.111. The summed E-state index contributed by atoms with van der Waals surface area (Å²) < 4.78 is 0. The summed E-state index contributed by atoms with van der Waals surface area (Å²) in [5.74, 6) is 2.42. The molecule has 0 fully saturated rings. The Labute approximate surface area is 84.8 Å². The molecule has 0 bridgehead atoms. The zero-order valence-corrected chi connectivity index (χ0v) is 7.64. The van der Waals surface area contributed by atoms with E-state index >= 15 is 0 Å². The lowest BCUT2D eigenvalue weighted by Gasteiger charge is -2.03. The van der Waals surface area contributed by atoms with E-state index in [0.717, 1.165) is 6.07 Å². The highest BCUT2D eigenvalue weighted by Crippen LogP contribution is 2.11. The van der Waals surface area contributed by atoms with E-state index in [1.54, 1.807) is 0 Å². The van der Waals surface area contributed by atoms with E-state index in [4.69, 9.17) is 16.1 Å². The smallest absolute Gasteiger partial charge is 0.335 e. The Morgan fingerprint density at radius 1 is 1.13 bits per heavy atom. The highest BCUT2D eigenvalue weighted by atomic mass is 16.6. The van der Waals surface area contributed by atoms with Gasteiger partial charge in [-0.05, 0) is 23.8 Å². The molecule has 0 amide bonds. The van der Waals surface area contributed by atoms with Crippen molar-refractivity contribution in [1.82, 2.24) is 0 Å². The topological polar surface area (TPSA) is 110 Å². The quantitative estimate of drug-likeness (QED) is 0.624. The van der Waals surface area contributed by atoms with Crippen molar-refractivity contribution < 1.29 is 24.6 Å². The van der Waals surface area contributed by atoms with E-state index in [-0.39, 0.29) is 17.7 Å². The third-order valence-electron chi connectivity index (χ3n) is 1.74. The third-order valence-corrected chi connectivity index (χ3v) is 1.74. The molecule has 0 aliphatic heterocycles. The molecule has 0 aliphatic carbocycles. The van der Waals surface area contributed by atoms with Gasteiger partial charge in [-0.2, -0.15) is 0 Å². The SMILES string of the molecule is NOCc1cc(C(=O)O)cc(C(=O)O)c1. The van der Waals surface area contributed by atoms with E-state index in [2.05, 4.69) is 4.84 Å². The van der Waals surface area contributed by atoms with Gasteiger partial charge in [0.25, 0.3) is 0 Å². The lowest BCUT2D eigenvalue weighted by atomic mass is 10.1. The molecule has 80 valence electrons. The van der Waals surface area contributed by atoms with Gasteiger partial charge >= 0.3 is 11.9 Å². The van der Waals surface area contributed by atoms with Gasteiger partial charge in [-0.1, -0.05) is 0 Å². The minimum absolute atomic E-state index is 0.0403. The van der Waals surface area contributed by atoms with Crippen LogP contribution in [0.3, 0.4) is 0 Å². The van der Waals surface area contributed by atoms with Crippen molar-refractivity contribution in [3.8, 4) is 0 Å². The zero-order chi connectivity index (χ0) is 11.4. The Morgan fingerprint density at radius 3 is 1.93 bits per heavy atom. The van der Waals surface area contributed by atoms with Crippen LogP contribution in [-0.2, 0) is 11.4 Å². The summed E-state index contributed by atoms with van der Waals surface area (Å²) in [7, 11) is 0. The van der Waals surface area contributed by atoms with Crippen molar-refractivity contribution in [2.45, 2.75) is 6.61 Å². The molecule has 0 saturated carbocycles. The predicted octanol–water partition coefficient (Wildman–Crippen LogP) is 0.473. The molecule has 0 aliphatic rings. The van der Waals surface area contributed by atoms with Crippen molar-refractivity contribution in [1.29, 1.82) is 0 Å². The molecule has 0 saturated heterocycles. The largest absolute Gasteiger partial charge is 0.478 e. The average molecular weight is 211 g/mol. The number of nitrogens with two attached hydrogens (primary N) is 1. The number of carboxylic acids is 2. The van der Waals surface area contributed by atoms with Crippen molar-refractivity contribution in [3.05, 3.63) is 34.9 Å². The summed E-state index contributed by atoms with van der Waals surface area (Å²) >= 11 is 0. The van der Waals surface area contributed by atoms with Gasteiger partial charge in [-0.3, -0.25) is 4.84 Å². The summed E-state index contributed by atoms with van der Waals surface area (Å²) in [6.45, 7) is -0.0403. The van der Waals surface area contributed by atoms with Gasteiger partial charge in [0, 0.05) is 0 Å². The van der Waals surface area contributed by atoms with E-state index < -0.39 is 11.9 Å². The number of carboxylic acid groups (broad SMARTS) is 2. The van der Waals surface area contributed by atoms with Crippen LogP contribution >= 0.6 is 0 Å². The summed E-state index contributed by atoms with van der Waals surface area (Å²) in [4.78, 5) is 25.6. The number of benzene rings is 1. The molecule has 1 aromatic carbocycles. The summed E-state index contributed by atoms with van der Waals surface area (Å²) in [5, 5.41) is 17.4. The van der Waals surface area contributed by atoms with E-state index in [1.165, 1.54) is 12.1 Å². The first-order valence-corrected chi connectivity index (χ1v) is 3.97. The number of carbonyl (C=O) groups is 2. The molecular formula is C9H9NO5. The fourth-order valence-electron chi connectivity index (χ4n) is 1.12. The molecule has 0 spiro atoms. The zero-order valence-electron chi connectivity index (χ0n) is 7.64. The molecule has 15 heavy (non-hydrogen) atoms. The van der Waals surface area contributed by atoms with Crippen LogP contribution in [0, 0.1) is 0 Å². The van der Waals surface area contributed by atoms with Crippen LogP contribution < -0.4 is 5.90 Å². The van der Waals surface area contributed by atoms with Crippen molar-refractivity contribution in [3.63, 3.8) is 0 Å². The Hall–Kier alpha value is -1.92. The van der Waals surface area contributed by atoms with Crippen LogP contribution in [0.25, 0.3) is 0 Å². The monoisotopic (exact) mass is 211 g/mol. The lowest BCUT2D eigenvalue weighted by Crippen LogP contribution is -2.06. The predicted molar refractivity (Wildman–Crippen MR) is 49.3 cm³/mol. The molecule has 0 radical (unpaired) electrons. The van der Waals surface area contributed by atoms with E-state index in [0.29, 0.717) is 5.56 Å². The standard InChI is InChI=1S/C9H9NO5/c10-15-4-5-1-6(8(11)12)3-7(2-5)9(13)14/h1-3H,4,10H2,(H,11,12)(H,13,14). The Bertz CT molecular complexity index is 369. The number of aromatic carboxylic acids is 2. The maximum Gasteiger partial charge on any atom is 0.335 e. The maximum absolute atomic E-state index is 10.7. The van der Waals surface area contributed by atoms with Gasteiger partial charge in [0.05, 0.1) is 17.7 Å². The molecule has 6 nitrogen and oxygen atoms in total. The third kappa shape index (κ3) is 2.76. The van der Waals surface area contributed by atoms with E-state index in [9.17, 15) is 9.59 Å². The molecule has 4 N–H and O–H groups in total.